The first-order valence-corrected chi connectivity index (χ1v) is 7.77. The van der Waals surface area contributed by atoms with Crippen molar-refractivity contribution in [2.45, 2.75) is 17.9 Å². The van der Waals surface area contributed by atoms with Gasteiger partial charge in [0.15, 0.2) is 0 Å². The summed E-state index contributed by atoms with van der Waals surface area (Å²) in [5, 5.41) is 5.58. The van der Waals surface area contributed by atoms with Crippen LogP contribution in [0, 0.1) is 5.82 Å². The minimum atomic E-state index is -0.177. The van der Waals surface area contributed by atoms with Crippen molar-refractivity contribution in [1.29, 1.82) is 0 Å². The second-order valence-electron chi connectivity index (χ2n) is 3.99. The molecule has 1 nitrogen and oxygen atoms in total. The van der Waals surface area contributed by atoms with E-state index in [2.05, 4.69) is 29.8 Å². The molecule has 1 unspecified atom stereocenters. The Hall–Kier alpha value is -0.840. The molecule has 1 atom stereocenters. The van der Waals surface area contributed by atoms with Gasteiger partial charge in [-0.15, -0.1) is 23.1 Å². The molecule has 0 saturated carbocycles. The number of halogens is 1. The molecule has 0 amide bonds. The summed E-state index contributed by atoms with van der Waals surface area (Å²) in [5.74, 6) is 0.810. The van der Waals surface area contributed by atoms with E-state index in [9.17, 15) is 4.39 Å². The Bertz CT molecular complexity index is 453. The minimum Gasteiger partial charge on any atom is -0.309 e. The Balaban J connectivity index is 1.68. The smallest absolute Gasteiger partial charge is 0.123 e. The molecule has 1 aromatic heterocycles. The highest BCUT2D eigenvalue weighted by atomic mass is 32.2. The monoisotopic (exact) mass is 281 g/mol. The van der Waals surface area contributed by atoms with E-state index >= 15 is 0 Å². The molecule has 1 N–H and O–H groups in total. The third kappa shape index (κ3) is 4.12. The Morgan fingerprint density at radius 1 is 1.28 bits per heavy atom. The van der Waals surface area contributed by atoms with Gasteiger partial charge in [0.1, 0.15) is 5.82 Å². The van der Waals surface area contributed by atoms with E-state index in [1.807, 2.05) is 12.1 Å². The van der Waals surface area contributed by atoms with Crippen LogP contribution in [-0.4, -0.2) is 12.3 Å². The van der Waals surface area contributed by atoms with Crippen molar-refractivity contribution in [2.24, 2.45) is 0 Å². The number of thioether (sulfide) groups is 1. The number of nitrogens with one attached hydrogen (secondary N) is 1. The van der Waals surface area contributed by atoms with E-state index in [-0.39, 0.29) is 5.82 Å². The number of rotatable bonds is 6. The van der Waals surface area contributed by atoms with Gasteiger partial charge in [0.2, 0.25) is 0 Å². The van der Waals surface area contributed by atoms with Crippen molar-refractivity contribution in [1.82, 2.24) is 5.32 Å². The lowest BCUT2D eigenvalue weighted by Gasteiger charge is -2.11. The van der Waals surface area contributed by atoms with Gasteiger partial charge in [-0.05, 0) is 42.6 Å². The summed E-state index contributed by atoms with van der Waals surface area (Å²) in [6.07, 6.45) is 0. The van der Waals surface area contributed by atoms with Crippen LogP contribution in [0.5, 0.6) is 0 Å². The van der Waals surface area contributed by atoms with Crippen molar-refractivity contribution in [3.05, 3.63) is 52.5 Å². The van der Waals surface area contributed by atoms with Crippen LogP contribution in [-0.2, 0) is 0 Å². The second-order valence-corrected chi connectivity index (χ2v) is 6.14. The molecule has 0 aliphatic rings. The van der Waals surface area contributed by atoms with Gasteiger partial charge in [-0.1, -0.05) is 6.07 Å². The Labute approximate surface area is 115 Å². The Morgan fingerprint density at radius 2 is 2.06 bits per heavy atom. The van der Waals surface area contributed by atoms with Gasteiger partial charge in [0.25, 0.3) is 0 Å². The van der Waals surface area contributed by atoms with Crippen molar-refractivity contribution in [3.8, 4) is 0 Å². The molecule has 2 rings (SSSR count). The molecule has 0 aliphatic heterocycles. The highest BCUT2D eigenvalue weighted by Crippen LogP contribution is 2.20. The predicted octanol–water partition coefficient (Wildman–Crippen LogP) is 4.33. The van der Waals surface area contributed by atoms with Crippen LogP contribution in [0.25, 0.3) is 0 Å². The maximum Gasteiger partial charge on any atom is 0.123 e. The average Bonchev–Trinajstić information content (AvgIpc) is 2.90. The van der Waals surface area contributed by atoms with Crippen molar-refractivity contribution < 1.29 is 4.39 Å². The number of benzene rings is 1. The first kappa shape index (κ1) is 13.6. The SMILES string of the molecule is CC(NCCSc1ccc(F)cc1)c1cccs1. The van der Waals surface area contributed by atoms with Crippen LogP contribution < -0.4 is 5.32 Å². The van der Waals surface area contributed by atoms with Crippen molar-refractivity contribution >= 4 is 23.1 Å². The van der Waals surface area contributed by atoms with Gasteiger partial charge in [-0.3, -0.25) is 0 Å². The maximum atomic E-state index is 12.7. The summed E-state index contributed by atoms with van der Waals surface area (Å²) in [4.78, 5) is 2.48. The first-order chi connectivity index (χ1) is 8.75. The maximum absolute atomic E-state index is 12.7. The standard InChI is InChI=1S/C14H16FNS2/c1-11(14-3-2-9-18-14)16-8-10-17-13-6-4-12(15)5-7-13/h2-7,9,11,16H,8,10H2,1H3. The summed E-state index contributed by atoms with van der Waals surface area (Å²) in [7, 11) is 0. The van der Waals surface area contributed by atoms with Crippen LogP contribution in [0.3, 0.4) is 0 Å². The number of thiophene rings is 1. The molecule has 0 saturated heterocycles. The number of hydrogen-bond donors (Lipinski definition) is 1. The van der Waals surface area contributed by atoms with Crippen LogP contribution in [0.4, 0.5) is 4.39 Å². The third-order valence-electron chi connectivity index (χ3n) is 2.60. The Kier molecular flexibility index (Phi) is 5.23. The Morgan fingerprint density at radius 3 is 2.72 bits per heavy atom. The summed E-state index contributed by atoms with van der Waals surface area (Å²) in [6.45, 7) is 3.12. The van der Waals surface area contributed by atoms with E-state index in [0.29, 0.717) is 6.04 Å². The first-order valence-electron chi connectivity index (χ1n) is 5.91. The largest absolute Gasteiger partial charge is 0.309 e. The zero-order valence-electron chi connectivity index (χ0n) is 10.2. The summed E-state index contributed by atoms with van der Waals surface area (Å²) in [6, 6.07) is 11.3. The molecule has 1 aromatic carbocycles. The average molecular weight is 281 g/mol. The van der Waals surface area contributed by atoms with Gasteiger partial charge in [-0.2, -0.15) is 0 Å². The van der Waals surface area contributed by atoms with Gasteiger partial charge in [0.05, 0.1) is 0 Å². The fraction of sp³-hybridized carbons (Fsp3) is 0.286. The fourth-order valence-corrected chi connectivity index (χ4v) is 3.16. The molecule has 18 heavy (non-hydrogen) atoms. The lowest BCUT2D eigenvalue weighted by Crippen LogP contribution is -2.20. The van der Waals surface area contributed by atoms with Crippen LogP contribution in [0.1, 0.15) is 17.8 Å². The molecule has 96 valence electrons. The van der Waals surface area contributed by atoms with Crippen molar-refractivity contribution in [2.75, 3.05) is 12.3 Å². The van der Waals surface area contributed by atoms with Gasteiger partial charge < -0.3 is 5.32 Å². The summed E-state index contributed by atoms with van der Waals surface area (Å²) >= 11 is 3.52. The zero-order valence-corrected chi connectivity index (χ0v) is 11.9. The van der Waals surface area contributed by atoms with Gasteiger partial charge >= 0.3 is 0 Å². The van der Waals surface area contributed by atoms with E-state index in [4.69, 9.17) is 0 Å². The molecule has 0 radical (unpaired) electrons. The van der Waals surface area contributed by atoms with Crippen LogP contribution >= 0.6 is 23.1 Å². The van der Waals surface area contributed by atoms with Crippen molar-refractivity contribution in [3.63, 3.8) is 0 Å². The normalized spacial score (nSPS) is 12.6. The number of hydrogen-bond acceptors (Lipinski definition) is 3. The lowest BCUT2D eigenvalue weighted by molar-refractivity contribution is 0.610. The third-order valence-corrected chi connectivity index (χ3v) is 4.67. The predicted molar refractivity (Wildman–Crippen MR) is 77.9 cm³/mol. The molecule has 0 aliphatic carbocycles. The second kappa shape index (κ2) is 6.92. The van der Waals surface area contributed by atoms with E-state index in [1.165, 1.54) is 17.0 Å². The fourth-order valence-electron chi connectivity index (χ4n) is 1.61. The van der Waals surface area contributed by atoms with E-state index < -0.39 is 0 Å². The molecule has 0 fully saturated rings. The molecule has 1 heterocycles. The van der Waals surface area contributed by atoms with E-state index in [0.717, 1.165) is 17.2 Å². The van der Waals surface area contributed by atoms with Gasteiger partial charge in [-0.25, -0.2) is 4.39 Å². The van der Waals surface area contributed by atoms with E-state index in [1.54, 1.807) is 23.1 Å². The molecular weight excluding hydrogens is 265 g/mol. The lowest BCUT2D eigenvalue weighted by atomic mass is 10.3. The summed E-state index contributed by atoms with van der Waals surface area (Å²) < 4.78 is 12.7. The molecule has 4 heteroatoms. The van der Waals surface area contributed by atoms with Crippen LogP contribution in [0.2, 0.25) is 0 Å². The quantitative estimate of drug-likeness (QED) is 0.625. The minimum absolute atomic E-state index is 0.177. The summed E-state index contributed by atoms with van der Waals surface area (Å²) in [5.41, 5.74) is 0. The van der Waals surface area contributed by atoms with Crippen LogP contribution in [0.15, 0.2) is 46.7 Å². The molecule has 0 bridgehead atoms. The highest BCUT2D eigenvalue weighted by Gasteiger charge is 2.04. The van der Waals surface area contributed by atoms with Gasteiger partial charge in [0, 0.05) is 28.1 Å². The zero-order chi connectivity index (χ0) is 12.8. The molecular formula is C14H16FNS2. The molecule has 0 spiro atoms. The highest BCUT2D eigenvalue weighted by molar-refractivity contribution is 7.99. The molecule has 2 aromatic rings. The topological polar surface area (TPSA) is 12.0 Å².